The van der Waals surface area contributed by atoms with E-state index in [9.17, 15) is 5.11 Å². The highest BCUT2D eigenvalue weighted by Crippen LogP contribution is 2.26. The average Bonchev–Trinajstić information content (AvgIpc) is 3.32. The standard InChI is InChI=1S/C22H22N4O3/c1-14-24-21(25-29-14)15-5-7-18(8-6-15)26-10-9-16-11-17(12-23-22(16)26)20(27)13-28-19-3-2-4-19/h5-12,19-20,27H,2-4,13H2,1H3/t20-/m0/s1. The smallest absolute Gasteiger partial charge is 0.223 e. The molecular weight excluding hydrogens is 368 g/mol. The van der Waals surface area contributed by atoms with Gasteiger partial charge in [-0.25, -0.2) is 4.98 Å². The molecule has 7 heteroatoms. The molecule has 0 bridgehead atoms. The van der Waals surface area contributed by atoms with E-state index in [1.165, 1.54) is 6.42 Å². The quantitative estimate of drug-likeness (QED) is 0.536. The molecule has 1 aromatic carbocycles. The topological polar surface area (TPSA) is 86.2 Å². The van der Waals surface area contributed by atoms with Crippen LogP contribution in [0.4, 0.5) is 0 Å². The summed E-state index contributed by atoms with van der Waals surface area (Å²) in [6.45, 7) is 2.09. The number of fused-ring (bicyclic) bond motifs is 1. The first-order valence-electron chi connectivity index (χ1n) is 9.85. The highest BCUT2D eigenvalue weighted by molar-refractivity contribution is 5.79. The molecule has 0 amide bonds. The fraction of sp³-hybridized carbons (Fsp3) is 0.318. The van der Waals surface area contributed by atoms with Crippen molar-refractivity contribution in [1.82, 2.24) is 19.7 Å². The molecule has 148 valence electrons. The lowest BCUT2D eigenvalue weighted by molar-refractivity contribution is -0.0427. The summed E-state index contributed by atoms with van der Waals surface area (Å²) in [4.78, 5) is 8.85. The molecule has 1 fully saturated rings. The predicted octanol–water partition coefficient (Wildman–Crippen LogP) is 3.99. The second-order valence-electron chi connectivity index (χ2n) is 7.45. The van der Waals surface area contributed by atoms with Crippen LogP contribution < -0.4 is 0 Å². The Morgan fingerprint density at radius 1 is 1.24 bits per heavy atom. The zero-order valence-electron chi connectivity index (χ0n) is 16.2. The first-order chi connectivity index (χ1) is 14.2. The Labute approximate surface area is 168 Å². The molecule has 0 spiro atoms. The molecule has 5 rings (SSSR count). The van der Waals surface area contributed by atoms with Gasteiger partial charge in [-0.05, 0) is 55.7 Å². The Balaban J connectivity index is 1.36. The summed E-state index contributed by atoms with van der Waals surface area (Å²) in [5.74, 6) is 1.12. The van der Waals surface area contributed by atoms with E-state index in [0.29, 0.717) is 24.4 Å². The number of aliphatic hydroxyl groups excluding tert-OH is 1. The fourth-order valence-corrected chi connectivity index (χ4v) is 3.48. The number of aliphatic hydroxyl groups is 1. The monoisotopic (exact) mass is 390 g/mol. The van der Waals surface area contributed by atoms with Gasteiger partial charge in [0.15, 0.2) is 0 Å². The molecule has 1 aliphatic rings. The van der Waals surface area contributed by atoms with Crippen LogP contribution in [0.3, 0.4) is 0 Å². The number of pyridine rings is 1. The minimum absolute atomic E-state index is 0.307. The number of hydrogen-bond donors (Lipinski definition) is 1. The van der Waals surface area contributed by atoms with E-state index in [2.05, 4.69) is 15.1 Å². The first-order valence-corrected chi connectivity index (χ1v) is 9.85. The van der Waals surface area contributed by atoms with Gasteiger partial charge in [0.1, 0.15) is 11.8 Å². The maximum atomic E-state index is 10.4. The molecule has 1 atom stereocenters. The number of ether oxygens (including phenoxy) is 1. The first kappa shape index (κ1) is 18.0. The van der Waals surface area contributed by atoms with Crippen molar-refractivity contribution in [2.45, 2.75) is 38.4 Å². The van der Waals surface area contributed by atoms with Gasteiger partial charge in [0.05, 0.1) is 12.7 Å². The van der Waals surface area contributed by atoms with Crippen LogP contribution in [0.1, 0.15) is 36.8 Å². The molecule has 0 radical (unpaired) electrons. The van der Waals surface area contributed by atoms with Gasteiger partial charge in [-0.2, -0.15) is 4.98 Å². The zero-order valence-corrected chi connectivity index (χ0v) is 16.2. The van der Waals surface area contributed by atoms with Crippen molar-refractivity contribution in [2.75, 3.05) is 6.61 Å². The van der Waals surface area contributed by atoms with E-state index in [0.717, 1.165) is 40.7 Å². The van der Waals surface area contributed by atoms with E-state index < -0.39 is 6.10 Å². The Bertz CT molecular complexity index is 1130. The van der Waals surface area contributed by atoms with E-state index >= 15 is 0 Å². The molecule has 4 aromatic rings. The molecule has 1 aliphatic carbocycles. The van der Waals surface area contributed by atoms with Gasteiger partial charge in [0.2, 0.25) is 11.7 Å². The average molecular weight is 390 g/mol. The zero-order chi connectivity index (χ0) is 19.8. The van der Waals surface area contributed by atoms with E-state index in [1.807, 2.05) is 47.2 Å². The third-order valence-electron chi connectivity index (χ3n) is 5.41. The Morgan fingerprint density at radius 3 is 2.76 bits per heavy atom. The molecular formula is C22H22N4O3. The van der Waals surface area contributed by atoms with Crippen molar-refractivity contribution in [2.24, 2.45) is 0 Å². The lowest BCUT2D eigenvalue weighted by atomic mass is 9.96. The molecule has 7 nitrogen and oxygen atoms in total. The molecule has 1 saturated carbocycles. The van der Waals surface area contributed by atoms with Crippen LogP contribution >= 0.6 is 0 Å². The Kier molecular flexibility index (Phi) is 4.61. The highest BCUT2D eigenvalue weighted by Gasteiger charge is 2.20. The van der Waals surface area contributed by atoms with Gasteiger partial charge in [-0.1, -0.05) is 5.16 Å². The van der Waals surface area contributed by atoms with Gasteiger partial charge in [0, 0.05) is 41.5 Å². The maximum Gasteiger partial charge on any atom is 0.223 e. The number of aryl methyl sites for hydroxylation is 1. The van der Waals surface area contributed by atoms with Crippen LogP contribution in [0.15, 0.2) is 53.3 Å². The van der Waals surface area contributed by atoms with E-state index in [4.69, 9.17) is 9.26 Å². The summed E-state index contributed by atoms with van der Waals surface area (Å²) in [7, 11) is 0. The SMILES string of the molecule is Cc1nc(-c2ccc(-n3ccc4cc([C@@H](O)COC5CCC5)cnc43)cc2)no1. The van der Waals surface area contributed by atoms with Crippen LogP contribution in [0.2, 0.25) is 0 Å². The summed E-state index contributed by atoms with van der Waals surface area (Å²) < 4.78 is 12.8. The van der Waals surface area contributed by atoms with Gasteiger partial charge in [0.25, 0.3) is 0 Å². The molecule has 0 aliphatic heterocycles. The Hall–Kier alpha value is -3.03. The van der Waals surface area contributed by atoms with Crippen LogP contribution in [-0.2, 0) is 4.74 Å². The van der Waals surface area contributed by atoms with Gasteiger partial charge in [-0.3, -0.25) is 0 Å². The summed E-state index contributed by atoms with van der Waals surface area (Å²) in [5.41, 5.74) is 3.49. The second-order valence-corrected chi connectivity index (χ2v) is 7.45. The van der Waals surface area contributed by atoms with Crippen molar-refractivity contribution in [3.63, 3.8) is 0 Å². The number of nitrogens with zero attached hydrogens (tertiary/aromatic N) is 4. The minimum atomic E-state index is -0.659. The van der Waals surface area contributed by atoms with E-state index in [1.54, 1.807) is 13.1 Å². The highest BCUT2D eigenvalue weighted by atomic mass is 16.5. The molecule has 0 unspecified atom stereocenters. The van der Waals surface area contributed by atoms with Crippen molar-refractivity contribution in [1.29, 1.82) is 0 Å². The number of hydrogen-bond acceptors (Lipinski definition) is 6. The van der Waals surface area contributed by atoms with Crippen molar-refractivity contribution in [3.8, 4) is 17.1 Å². The minimum Gasteiger partial charge on any atom is -0.386 e. The van der Waals surface area contributed by atoms with Crippen LogP contribution in [0, 0.1) is 6.92 Å². The van der Waals surface area contributed by atoms with Crippen LogP contribution in [0.25, 0.3) is 28.1 Å². The van der Waals surface area contributed by atoms with Crippen LogP contribution in [-0.4, -0.2) is 37.5 Å². The maximum absolute atomic E-state index is 10.4. The molecule has 1 N–H and O–H groups in total. The largest absolute Gasteiger partial charge is 0.386 e. The van der Waals surface area contributed by atoms with Crippen molar-refractivity contribution < 1.29 is 14.4 Å². The number of rotatable bonds is 6. The van der Waals surface area contributed by atoms with Gasteiger partial charge in [-0.15, -0.1) is 0 Å². The normalized spacial score (nSPS) is 15.5. The summed E-state index contributed by atoms with van der Waals surface area (Å²) in [6, 6.07) is 11.9. The third-order valence-corrected chi connectivity index (χ3v) is 5.41. The van der Waals surface area contributed by atoms with E-state index in [-0.39, 0.29) is 0 Å². The lowest BCUT2D eigenvalue weighted by Gasteiger charge is -2.26. The molecule has 0 saturated heterocycles. The lowest BCUT2D eigenvalue weighted by Crippen LogP contribution is -2.24. The fourth-order valence-electron chi connectivity index (χ4n) is 3.48. The summed E-state index contributed by atoms with van der Waals surface area (Å²) in [6.07, 6.45) is 6.76. The van der Waals surface area contributed by atoms with Crippen LogP contribution in [0.5, 0.6) is 0 Å². The van der Waals surface area contributed by atoms with Gasteiger partial charge >= 0.3 is 0 Å². The number of aromatic nitrogens is 4. The molecule has 29 heavy (non-hydrogen) atoms. The predicted molar refractivity (Wildman–Crippen MR) is 108 cm³/mol. The van der Waals surface area contributed by atoms with Crippen molar-refractivity contribution in [3.05, 3.63) is 60.2 Å². The Morgan fingerprint density at radius 2 is 2.07 bits per heavy atom. The summed E-state index contributed by atoms with van der Waals surface area (Å²) >= 11 is 0. The van der Waals surface area contributed by atoms with Crippen molar-refractivity contribution >= 4 is 11.0 Å². The number of benzene rings is 1. The molecule has 3 heterocycles. The summed E-state index contributed by atoms with van der Waals surface area (Å²) in [5, 5.41) is 15.3. The van der Waals surface area contributed by atoms with Gasteiger partial charge < -0.3 is 18.9 Å². The second kappa shape index (κ2) is 7.42. The third kappa shape index (κ3) is 3.54. The molecule has 3 aromatic heterocycles.